The Kier molecular flexibility index (Phi) is 2.15. The van der Waals surface area contributed by atoms with Crippen molar-refractivity contribution >= 4 is 22.6 Å². The first-order valence-electron chi connectivity index (χ1n) is 4.45. The van der Waals surface area contributed by atoms with Gasteiger partial charge in [0.25, 0.3) is 0 Å². The lowest BCUT2D eigenvalue weighted by Crippen LogP contribution is -1.85. The summed E-state index contributed by atoms with van der Waals surface area (Å²) in [6, 6.07) is 13.8. The van der Waals surface area contributed by atoms with Gasteiger partial charge in [-0.2, -0.15) is 0 Å². The zero-order valence-electron chi connectivity index (χ0n) is 7.73. The second kappa shape index (κ2) is 3.46. The Morgan fingerprint density at radius 3 is 2.57 bits per heavy atom. The number of hydrogen-bond acceptors (Lipinski definition) is 1. The van der Waals surface area contributed by atoms with Crippen LogP contribution in [-0.2, 0) is 4.79 Å². The molecule has 0 unspecified atom stereocenters. The summed E-state index contributed by atoms with van der Waals surface area (Å²) in [5.74, 6) is 0. The highest BCUT2D eigenvalue weighted by molar-refractivity contribution is 6.11. The fourth-order valence-corrected chi connectivity index (χ4v) is 1.57. The first-order valence-corrected chi connectivity index (χ1v) is 4.45. The molecular weight excluding hydrogens is 172 g/mol. The molecule has 1 nitrogen and oxygen atoms in total. The number of carbonyl (C=O) groups excluding carboxylic acids is 1. The molecule has 0 aliphatic rings. The van der Waals surface area contributed by atoms with Gasteiger partial charge >= 0.3 is 0 Å². The van der Waals surface area contributed by atoms with Crippen LogP contribution in [0.4, 0.5) is 0 Å². The maximum Gasteiger partial charge on any atom is 0.150 e. The molecule has 0 amide bonds. The zero-order chi connectivity index (χ0) is 9.97. The summed E-state index contributed by atoms with van der Waals surface area (Å²) >= 11 is 0. The maximum atomic E-state index is 10.6. The Bertz CT molecular complexity index is 492. The minimum atomic E-state index is 0.529. The molecule has 68 valence electrons. The van der Waals surface area contributed by atoms with Crippen LogP contribution in [0.3, 0.4) is 0 Å². The molecule has 0 saturated carbocycles. The molecule has 0 atom stereocenters. The van der Waals surface area contributed by atoms with Gasteiger partial charge in [0.15, 0.2) is 0 Å². The van der Waals surface area contributed by atoms with Crippen LogP contribution in [0.15, 0.2) is 49.0 Å². The van der Waals surface area contributed by atoms with E-state index in [0.29, 0.717) is 5.57 Å². The maximum absolute atomic E-state index is 10.6. The molecule has 0 aliphatic carbocycles. The Balaban J connectivity index is 2.77. The number of hydrogen-bond donors (Lipinski definition) is 0. The van der Waals surface area contributed by atoms with Crippen LogP contribution in [0.25, 0.3) is 16.3 Å². The number of benzene rings is 2. The van der Waals surface area contributed by atoms with Crippen LogP contribution in [0.5, 0.6) is 0 Å². The van der Waals surface area contributed by atoms with E-state index in [2.05, 4.69) is 6.58 Å². The fourth-order valence-electron chi connectivity index (χ4n) is 1.57. The first kappa shape index (κ1) is 8.70. The van der Waals surface area contributed by atoms with Gasteiger partial charge in [0.05, 0.1) is 0 Å². The van der Waals surface area contributed by atoms with Crippen molar-refractivity contribution in [2.45, 2.75) is 0 Å². The van der Waals surface area contributed by atoms with Crippen molar-refractivity contribution in [3.8, 4) is 0 Å². The van der Waals surface area contributed by atoms with Crippen LogP contribution < -0.4 is 0 Å². The molecule has 0 radical (unpaired) electrons. The van der Waals surface area contributed by atoms with E-state index in [-0.39, 0.29) is 0 Å². The fraction of sp³-hybridized carbons (Fsp3) is 0. The van der Waals surface area contributed by atoms with E-state index in [4.69, 9.17) is 0 Å². The van der Waals surface area contributed by atoms with Crippen LogP contribution >= 0.6 is 0 Å². The van der Waals surface area contributed by atoms with Gasteiger partial charge in [-0.15, -0.1) is 0 Å². The summed E-state index contributed by atoms with van der Waals surface area (Å²) < 4.78 is 0. The number of allylic oxidation sites excluding steroid dienone is 1. The molecule has 0 aromatic heterocycles. The molecule has 0 bridgehead atoms. The topological polar surface area (TPSA) is 17.1 Å². The lowest BCUT2D eigenvalue weighted by molar-refractivity contribution is -0.103. The SMILES string of the molecule is C=C(C=O)c1cccc2ccccc12. The third-order valence-corrected chi connectivity index (χ3v) is 2.28. The standard InChI is InChI=1S/C13H10O/c1-10(9-14)12-8-4-6-11-5-2-3-7-13(11)12/h2-9H,1H2. The highest BCUT2D eigenvalue weighted by atomic mass is 16.1. The van der Waals surface area contributed by atoms with E-state index in [0.717, 1.165) is 22.6 Å². The van der Waals surface area contributed by atoms with Gasteiger partial charge in [-0.1, -0.05) is 49.0 Å². The van der Waals surface area contributed by atoms with E-state index in [1.54, 1.807) is 0 Å². The highest BCUT2D eigenvalue weighted by Crippen LogP contribution is 2.22. The molecular formula is C13H10O. The van der Waals surface area contributed by atoms with Crippen molar-refractivity contribution < 1.29 is 4.79 Å². The molecule has 0 fully saturated rings. The van der Waals surface area contributed by atoms with E-state index in [9.17, 15) is 4.79 Å². The molecule has 2 rings (SSSR count). The van der Waals surface area contributed by atoms with Gasteiger partial charge in [0.2, 0.25) is 0 Å². The van der Waals surface area contributed by atoms with Gasteiger partial charge in [0, 0.05) is 5.57 Å². The van der Waals surface area contributed by atoms with Gasteiger partial charge in [-0.3, -0.25) is 4.79 Å². The third-order valence-electron chi connectivity index (χ3n) is 2.28. The molecule has 0 spiro atoms. The third kappa shape index (κ3) is 1.33. The Morgan fingerprint density at radius 1 is 1.07 bits per heavy atom. The number of carbonyl (C=O) groups is 1. The van der Waals surface area contributed by atoms with E-state index >= 15 is 0 Å². The van der Waals surface area contributed by atoms with Crippen molar-refractivity contribution in [1.29, 1.82) is 0 Å². The summed E-state index contributed by atoms with van der Waals surface area (Å²) in [6.45, 7) is 3.73. The summed E-state index contributed by atoms with van der Waals surface area (Å²) in [4.78, 5) is 10.6. The second-order valence-corrected chi connectivity index (χ2v) is 3.17. The molecule has 0 heterocycles. The van der Waals surface area contributed by atoms with E-state index in [1.165, 1.54) is 0 Å². The van der Waals surface area contributed by atoms with Crippen LogP contribution in [0, 0.1) is 0 Å². The largest absolute Gasteiger partial charge is 0.298 e. The monoisotopic (exact) mass is 182 g/mol. The Morgan fingerprint density at radius 2 is 1.79 bits per heavy atom. The predicted octanol–water partition coefficient (Wildman–Crippen LogP) is 3.05. The smallest absolute Gasteiger partial charge is 0.150 e. The van der Waals surface area contributed by atoms with Crippen molar-refractivity contribution in [3.05, 3.63) is 54.6 Å². The Labute approximate surface area is 82.7 Å². The number of rotatable bonds is 2. The lowest BCUT2D eigenvalue weighted by Gasteiger charge is -2.03. The first-order chi connectivity index (χ1) is 6.83. The van der Waals surface area contributed by atoms with Gasteiger partial charge < -0.3 is 0 Å². The minimum Gasteiger partial charge on any atom is -0.298 e. The van der Waals surface area contributed by atoms with E-state index < -0.39 is 0 Å². The molecule has 2 aromatic carbocycles. The van der Waals surface area contributed by atoms with E-state index in [1.807, 2.05) is 42.5 Å². The van der Waals surface area contributed by atoms with Crippen LogP contribution in [0.2, 0.25) is 0 Å². The summed E-state index contributed by atoms with van der Waals surface area (Å²) in [7, 11) is 0. The molecule has 0 N–H and O–H groups in total. The quantitative estimate of drug-likeness (QED) is 0.515. The van der Waals surface area contributed by atoms with Crippen molar-refractivity contribution in [1.82, 2.24) is 0 Å². The zero-order valence-corrected chi connectivity index (χ0v) is 7.73. The predicted molar refractivity (Wildman–Crippen MR) is 59.0 cm³/mol. The van der Waals surface area contributed by atoms with Crippen LogP contribution in [0.1, 0.15) is 5.56 Å². The average Bonchev–Trinajstić information content (AvgIpc) is 2.27. The number of fused-ring (bicyclic) bond motifs is 1. The second-order valence-electron chi connectivity index (χ2n) is 3.17. The van der Waals surface area contributed by atoms with Gasteiger partial charge in [-0.25, -0.2) is 0 Å². The minimum absolute atomic E-state index is 0.529. The Hall–Kier alpha value is -1.89. The molecule has 2 aromatic rings. The van der Waals surface area contributed by atoms with Crippen molar-refractivity contribution in [2.24, 2.45) is 0 Å². The summed E-state index contributed by atoms with van der Waals surface area (Å²) in [5.41, 5.74) is 1.44. The van der Waals surface area contributed by atoms with Crippen molar-refractivity contribution in [2.75, 3.05) is 0 Å². The summed E-state index contributed by atoms with van der Waals surface area (Å²) in [6.07, 6.45) is 0.793. The average molecular weight is 182 g/mol. The normalized spacial score (nSPS) is 10.0. The molecule has 1 heteroatoms. The molecule has 0 aliphatic heterocycles. The number of aldehydes is 1. The highest BCUT2D eigenvalue weighted by Gasteiger charge is 2.01. The van der Waals surface area contributed by atoms with Gasteiger partial charge in [0.1, 0.15) is 6.29 Å². The van der Waals surface area contributed by atoms with Gasteiger partial charge in [-0.05, 0) is 16.3 Å². The molecule has 0 saturated heterocycles. The van der Waals surface area contributed by atoms with Crippen molar-refractivity contribution in [3.63, 3.8) is 0 Å². The lowest BCUT2D eigenvalue weighted by atomic mass is 10.0. The molecule has 14 heavy (non-hydrogen) atoms. The van der Waals surface area contributed by atoms with Crippen LogP contribution in [-0.4, -0.2) is 6.29 Å². The summed E-state index contributed by atoms with van der Waals surface area (Å²) in [5, 5.41) is 2.21.